The third-order valence-electron chi connectivity index (χ3n) is 4.51. The number of halogens is 1. The lowest BCUT2D eigenvalue weighted by Gasteiger charge is -2.24. The minimum Gasteiger partial charge on any atom is -0.497 e. The van der Waals surface area contributed by atoms with E-state index in [-0.39, 0.29) is 16.4 Å². The van der Waals surface area contributed by atoms with Crippen molar-refractivity contribution in [2.45, 2.75) is 11.8 Å². The molecule has 3 aromatic carbocycles. The first kappa shape index (κ1) is 23.0. The van der Waals surface area contributed by atoms with Crippen LogP contribution < -0.4 is 14.5 Å². The third kappa shape index (κ3) is 5.70. The van der Waals surface area contributed by atoms with E-state index in [1.807, 2.05) is 6.92 Å². The van der Waals surface area contributed by atoms with E-state index in [0.29, 0.717) is 11.3 Å². The second-order valence-electron chi connectivity index (χ2n) is 6.87. The number of hydrogen-bond donors (Lipinski definition) is 1. The molecular formula is C23H22FN3O4S. The molecule has 166 valence electrons. The molecule has 0 heterocycles. The number of benzene rings is 3. The van der Waals surface area contributed by atoms with Gasteiger partial charge in [0.2, 0.25) is 0 Å². The summed E-state index contributed by atoms with van der Waals surface area (Å²) in [7, 11) is -2.58. The van der Waals surface area contributed by atoms with Gasteiger partial charge < -0.3 is 4.74 Å². The van der Waals surface area contributed by atoms with Crippen LogP contribution in [-0.2, 0) is 14.8 Å². The summed E-state index contributed by atoms with van der Waals surface area (Å²) >= 11 is 0. The Bertz CT molecular complexity index is 1210. The van der Waals surface area contributed by atoms with Crippen molar-refractivity contribution in [3.05, 3.63) is 89.7 Å². The van der Waals surface area contributed by atoms with Crippen molar-refractivity contribution in [1.29, 1.82) is 0 Å². The normalized spacial score (nSPS) is 11.3. The maximum absolute atomic E-state index is 13.3. The standard InChI is InChI=1S/C23H22FN3O4S/c1-17-6-12-22(13-7-17)32(29,30)27(20-4-3-5-21(14-20)31-2)16-23(28)26-25-15-18-8-10-19(24)11-9-18/h3-15H,16H2,1-2H3,(H,26,28)/b25-15-. The molecule has 0 saturated carbocycles. The first-order chi connectivity index (χ1) is 15.3. The maximum atomic E-state index is 13.3. The van der Waals surface area contributed by atoms with Crippen molar-refractivity contribution in [1.82, 2.24) is 5.43 Å². The van der Waals surface area contributed by atoms with Crippen LogP contribution in [0.5, 0.6) is 5.75 Å². The number of nitrogens with one attached hydrogen (secondary N) is 1. The Morgan fingerprint density at radius 1 is 1.09 bits per heavy atom. The maximum Gasteiger partial charge on any atom is 0.264 e. The molecule has 0 radical (unpaired) electrons. The van der Waals surface area contributed by atoms with Gasteiger partial charge in [-0.3, -0.25) is 9.10 Å². The van der Waals surface area contributed by atoms with E-state index in [0.717, 1.165) is 9.87 Å². The van der Waals surface area contributed by atoms with Gasteiger partial charge in [-0.25, -0.2) is 18.2 Å². The summed E-state index contributed by atoms with van der Waals surface area (Å²) in [5.74, 6) is -0.593. The molecular weight excluding hydrogens is 433 g/mol. The number of aryl methyl sites for hydroxylation is 1. The van der Waals surface area contributed by atoms with Crippen LogP contribution in [0, 0.1) is 12.7 Å². The van der Waals surface area contributed by atoms with Crippen LogP contribution in [0.2, 0.25) is 0 Å². The SMILES string of the molecule is COc1cccc(N(CC(=O)N/N=C\c2ccc(F)cc2)S(=O)(=O)c2ccc(C)cc2)c1. The average molecular weight is 456 g/mol. The first-order valence-electron chi connectivity index (χ1n) is 9.60. The number of amides is 1. The number of anilines is 1. The Balaban J connectivity index is 1.85. The van der Waals surface area contributed by atoms with Crippen LogP contribution in [0.25, 0.3) is 0 Å². The molecule has 0 spiro atoms. The molecule has 1 N–H and O–H groups in total. The zero-order valence-corrected chi connectivity index (χ0v) is 18.3. The number of methoxy groups -OCH3 is 1. The molecule has 0 aliphatic carbocycles. The van der Waals surface area contributed by atoms with Crippen molar-refractivity contribution < 1.29 is 22.3 Å². The number of ether oxygens (including phenoxy) is 1. The Hall–Kier alpha value is -3.72. The van der Waals surface area contributed by atoms with Gasteiger partial charge in [0.1, 0.15) is 18.1 Å². The summed E-state index contributed by atoms with van der Waals surface area (Å²) in [5, 5.41) is 3.82. The largest absolute Gasteiger partial charge is 0.497 e. The Kier molecular flexibility index (Phi) is 7.21. The molecule has 0 atom stereocenters. The Labute approximate surface area is 186 Å². The molecule has 0 fully saturated rings. The molecule has 0 aromatic heterocycles. The van der Waals surface area contributed by atoms with Gasteiger partial charge in [0, 0.05) is 6.07 Å². The van der Waals surface area contributed by atoms with Gasteiger partial charge in [0.15, 0.2) is 0 Å². The van der Waals surface area contributed by atoms with E-state index >= 15 is 0 Å². The molecule has 32 heavy (non-hydrogen) atoms. The molecule has 9 heteroatoms. The fourth-order valence-electron chi connectivity index (χ4n) is 2.81. The summed E-state index contributed by atoms with van der Waals surface area (Å²) in [5.41, 5.74) is 4.05. The Morgan fingerprint density at radius 3 is 2.44 bits per heavy atom. The molecule has 1 amide bonds. The summed E-state index contributed by atoms with van der Waals surface area (Å²) < 4.78 is 45.8. The second kappa shape index (κ2) is 10.1. The number of rotatable bonds is 8. The minimum absolute atomic E-state index is 0.0496. The number of hydrogen-bond acceptors (Lipinski definition) is 5. The summed E-state index contributed by atoms with van der Waals surface area (Å²) in [6.45, 7) is 1.34. The van der Waals surface area contributed by atoms with Crippen LogP contribution in [0.15, 0.2) is 82.8 Å². The monoisotopic (exact) mass is 455 g/mol. The van der Waals surface area contributed by atoms with Crippen molar-refractivity contribution in [2.75, 3.05) is 18.0 Å². The highest BCUT2D eigenvalue weighted by Crippen LogP contribution is 2.27. The van der Waals surface area contributed by atoms with Crippen LogP contribution in [0.3, 0.4) is 0 Å². The van der Waals surface area contributed by atoms with E-state index in [1.165, 1.54) is 55.8 Å². The van der Waals surface area contributed by atoms with E-state index < -0.39 is 22.5 Å². The molecule has 3 rings (SSSR count). The van der Waals surface area contributed by atoms with E-state index in [4.69, 9.17) is 4.74 Å². The average Bonchev–Trinajstić information content (AvgIpc) is 2.79. The number of carbonyl (C=O) groups excluding carboxylic acids is 1. The highest BCUT2D eigenvalue weighted by molar-refractivity contribution is 7.92. The lowest BCUT2D eigenvalue weighted by molar-refractivity contribution is -0.119. The molecule has 0 unspecified atom stereocenters. The third-order valence-corrected chi connectivity index (χ3v) is 6.30. The molecule has 0 bridgehead atoms. The fourth-order valence-corrected chi connectivity index (χ4v) is 4.22. The summed E-state index contributed by atoms with van der Waals surface area (Å²) in [6, 6.07) is 18.3. The minimum atomic E-state index is -4.05. The lowest BCUT2D eigenvalue weighted by Crippen LogP contribution is -2.39. The van der Waals surface area contributed by atoms with Crippen molar-refractivity contribution in [2.24, 2.45) is 5.10 Å². The van der Waals surface area contributed by atoms with E-state index in [9.17, 15) is 17.6 Å². The quantitative estimate of drug-likeness (QED) is 0.416. The van der Waals surface area contributed by atoms with Gasteiger partial charge in [-0.05, 0) is 48.9 Å². The highest BCUT2D eigenvalue weighted by atomic mass is 32.2. The van der Waals surface area contributed by atoms with Crippen molar-refractivity contribution >= 4 is 27.8 Å². The fraction of sp³-hybridized carbons (Fsp3) is 0.130. The van der Waals surface area contributed by atoms with Gasteiger partial charge >= 0.3 is 0 Å². The Morgan fingerprint density at radius 2 is 1.78 bits per heavy atom. The van der Waals surface area contributed by atoms with Gasteiger partial charge in [-0.2, -0.15) is 5.10 Å². The zero-order valence-electron chi connectivity index (χ0n) is 17.5. The summed E-state index contributed by atoms with van der Waals surface area (Å²) in [4.78, 5) is 12.6. The van der Waals surface area contributed by atoms with E-state index in [1.54, 1.807) is 30.3 Å². The van der Waals surface area contributed by atoms with E-state index in [2.05, 4.69) is 10.5 Å². The van der Waals surface area contributed by atoms with Crippen molar-refractivity contribution in [3.8, 4) is 5.75 Å². The number of sulfonamides is 1. The summed E-state index contributed by atoms with van der Waals surface area (Å²) in [6.07, 6.45) is 1.34. The van der Waals surface area contributed by atoms with Gasteiger partial charge in [0.05, 0.1) is 23.9 Å². The molecule has 3 aromatic rings. The number of hydrazone groups is 1. The van der Waals surface area contributed by atoms with Crippen LogP contribution in [0.4, 0.5) is 10.1 Å². The number of nitrogens with zero attached hydrogens (tertiary/aromatic N) is 2. The molecule has 0 aliphatic heterocycles. The topological polar surface area (TPSA) is 88.1 Å². The van der Waals surface area contributed by atoms with Crippen molar-refractivity contribution in [3.63, 3.8) is 0 Å². The first-order valence-corrected chi connectivity index (χ1v) is 11.0. The van der Waals surface area contributed by atoms with Crippen LogP contribution in [0.1, 0.15) is 11.1 Å². The smallest absolute Gasteiger partial charge is 0.264 e. The predicted octanol–water partition coefficient (Wildman–Crippen LogP) is 3.49. The lowest BCUT2D eigenvalue weighted by atomic mass is 10.2. The second-order valence-corrected chi connectivity index (χ2v) is 8.73. The predicted molar refractivity (Wildman–Crippen MR) is 121 cm³/mol. The molecule has 0 aliphatic rings. The molecule has 0 saturated heterocycles. The van der Waals surface area contributed by atoms with Gasteiger partial charge in [-0.15, -0.1) is 0 Å². The zero-order chi connectivity index (χ0) is 23.1. The highest BCUT2D eigenvalue weighted by Gasteiger charge is 2.27. The van der Waals surface area contributed by atoms with Gasteiger partial charge in [-0.1, -0.05) is 35.9 Å². The molecule has 7 nitrogen and oxygen atoms in total. The number of carbonyl (C=O) groups is 1. The van der Waals surface area contributed by atoms with Gasteiger partial charge in [0.25, 0.3) is 15.9 Å². The van der Waals surface area contributed by atoms with Crippen LogP contribution >= 0.6 is 0 Å². The van der Waals surface area contributed by atoms with Crippen LogP contribution in [-0.4, -0.2) is 34.2 Å².